The lowest BCUT2D eigenvalue weighted by atomic mass is 9.73. The maximum atomic E-state index is 12.4. The predicted molar refractivity (Wildman–Crippen MR) is 46.7 cm³/mol. The number of hydrogen-bond donors (Lipinski definition) is 0. The average Bonchev–Trinajstić information content (AvgIpc) is 2.14. The molecule has 16 heavy (non-hydrogen) atoms. The van der Waals surface area contributed by atoms with Gasteiger partial charge in [-0.2, -0.15) is 26.3 Å². The molecule has 0 radical (unpaired) electrons. The highest BCUT2D eigenvalue weighted by Gasteiger charge is 2.51. The first-order valence-electron chi connectivity index (χ1n) is 5.28. The minimum atomic E-state index is -4.50. The first-order valence-corrected chi connectivity index (χ1v) is 5.28. The topological polar surface area (TPSA) is 0 Å². The van der Waals surface area contributed by atoms with Crippen LogP contribution >= 0.6 is 0 Å². The van der Waals surface area contributed by atoms with E-state index in [4.69, 9.17) is 0 Å². The van der Waals surface area contributed by atoms with E-state index in [2.05, 4.69) is 0 Å². The standard InChI is InChI=1S/C10H14F6/c1-2-6-3-7(9(11,12)13)5-8(4-6)10(14,15)16/h6-8H,2-5H2,1H3. The molecule has 0 amide bonds. The second kappa shape index (κ2) is 4.45. The molecule has 0 nitrogen and oxygen atoms in total. The Kier molecular flexibility index (Phi) is 3.80. The summed E-state index contributed by atoms with van der Waals surface area (Å²) in [7, 11) is 0. The second-order valence-electron chi connectivity index (χ2n) is 4.46. The van der Waals surface area contributed by atoms with Crippen LogP contribution in [0.25, 0.3) is 0 Å². The van der Waals surface area contributed by atoms with E-state index in [1.54, 1.807) is 6.92 Å². The molecular weight excluding hydrogens is 234 g/mol. The van der Waals surface area contributed by atoms with Crippen LogP contribution in [0.2, 0.25) is 0 Å². The van der Waals surface area contributed by atoms with Crippen molar-refractivity contribution in [2.24, 2.45) is 17.8 Å². The lowest BCUT2D eigenvalue weighted by Crippen LogP contribution is -2.38. The number of hydrogen-bond acceptors (Lipinski definition) is 0. The Hall–Kier alpha value is -0.420. The molecule has 2 unspecified atom stereocenters. The van der Waals surface area contributed by atoms with Crippen molar-refractivity contribution < 1.29 is 26.3 Å². The fraction of sp³-hybridized carbons (Fsp3) is 1.00. The zero-order valence-corrected chi connectivity index (χ0v) is 8.83. The lowest BCUT2D eigenvalue weighted by molar-refractivity contribution is -0.228. The van der Waals surface area contributed by atoms with E-state index < -0.39 is 36.5 Å². The molecule has 0 bridgehead atoms. The van der Waals surface area contributed by atoms with Gasteiger partial charge in [-0.3, -0.25) is 0 Å². The summed E-state index contributed by atoms with van der Waals surface area (Å²) in [6.07, 6.45) is -9.75. The quantitative estimate of drug-likeness (QED) is 0.597. The fourth-order valence-corrected chi connectivity index (χ4v) is 2.30. The van der Waals surface area contributed by atoms with Crippen molar-refractivity contribution in [2.45, 2.75) is 45.0 Å². The van der Waals surface area contributed by atoms with Gasteiger partial charge in [0.25, 0.3) is 0 Å². The number of alkyl halides is 6. The van der Waals surface area contributed by atoms with E-state index in [-0.39, 0.29) is 12.8 Å². The normalized spacial score (nSPS) is 32.8. The highest BCUT2D eigenvalue weighted by atomic mass is 19.4. The van der Waals surface area contributed by atoms with Gasteiger partial charge in [0.15, 0.2) is 0 Å². The van der Waals surface area contributed by atoms with Crippen LogP contribution in [0.1, 0.15) is 32.6 Å². The molecule has 0 spiro atoms. The molecule has 0 aromatic heterocycles. The van der Waals surface area contributed by atoms with Gasteiger partial charge in [-0.25, -0.2) is 0 Å². The van der Waals surface area contributed by atoms with Crippen LogP contribution in [0.4, 0.5) is 26.3 Å². The Morgan fingerprint density at radius 1 is 0.812 bits per heavy atom. The summed E-state index contributed by atoms with van der Waals surface area (Å²) in [5, 5.41) is 0. The van der Waals surface area contributed by atoms with Gasteiger partial charge in [0, 0.05) is 0 Å². The van der Waals surface area contributed by atoms with Crippen molar-refractivity contribution >= 4 is 0 Å². The molecular formula is C10H14F6. The van der Waals surface area contributed by atoms with E-state index in [1.807, 2.05) is 0 Å². The summed E-state index contributed by atoms with van der Waals surface area (Å²) >= 11 is 0. The third kappa shape index (κ3) is 3.28. The van der Waals surface area contributed by atoms with Crippen LogP contribution in [0.3, 0.4) is 0 Å². The van der Waals surface area contributed by atoms with Crippen molar-refractivity contribution in [3.8, 4) is 0 Å². The Balaban J connectivity index is 2.77. The molecule has 1 fully saturated rings. The molecule has 0 saturated heterocycles. The molecule has 6 heteroatoms. The highest BCUT2D eigenvalue weighted by molar-refractivity contribution is 4.85. The molecule has 1 rings (SSSR count). The van der Waals surface area contributed by atoms with Gasteiger partial charge in [-0.1, -0.05) is 13.3 Å². The third-order valence-corrected chi connectivity index (χ3v) is 3.31. The van der Waals surface area contributed by atoms with Crippen LogP contribution in [-0.2, 0) is 0 Å². The van der Waals surface area contributed by atoms with Crippen molar-refractivity contribution in [1.82, 2.24) is 0 Å². The molecule has 0 aliphatic heterocycles. The van der Waals surface area contributed by atoms with E-state index in [9.17, 15) is 26.3 Å². The van der Waals surface area contributed by atoms with Gasteiger partial charge < -0.3 is 0 Å². The Bertz CT molecular complexity index is 206. The number of halogens is 6. The van der Waals surface area contributed by atoms with Crippen molar-refractivity contribution in [2.75, 3.05) is 0 Å². The van der Waals surface area contributed by atoms with Crippen LogP contribution in [-0.4, -0.2) is 12.4 Å². The van der Waals surface area contributed by atoms with Gasteiger partial charge in [-0.05, 0) is 25.2 Å². The smallest absolute Gasteiger partial charge is 0.171 e. The monoisotopic (exact) mass is 248 g/mol. The SMILES string of the molecule is CCC1CC(C(F)(F)F)CC(C(F)(F)F)C1. The van der Waals surface area contributed by atoms with E-state index >= 15 is 0 Å². The Morgan fingerprint density at radius 3 is 1.44 bits per heavy atom. The van der Waals surface area contributed by atoms with Crippen LogP contribution in [0, 0.1) is 17.8 Å². The molecule has 0 heterocycles. The highest BCUT2D eigenvalue weighted by Crippen LogP contribution is 2.48. The third-order valence-electron chi connectivity index (χ3n) is 3.31. The maximum Gasteiger partial charge on any atom is 0.391 e. The molecule has 0 aromatic carbocycles. The first kappa shape index (κ1) is 13.6. The van der Waals surface area contributed by atoms with Gasteiger partial charge >= 0.3 is 12.4 Å². The Morgan fingerprint density at radius 2 is 1.19 bits per heavy atom. The molecule has 1 aliphatic rings. The summed E-state index contributed by atoms with van der Waals surface area (Å²) in [6, 6.07) is 0. The molecule has 1 saturated carbocycles. The fourth-order valence-electron chi connectivity index (χ4n) is 2.30. The van der Waals surface area contributed by atoms with Crippen LogP contribution < -0.4 is 0 Å². The minimum Gasteiger partial charge on any atom is -0.171 e. The zero-order chi connectivity index (χ0) is 12.6. The average molecular weight is 248 g/mol. The van der Waals surface area contributed by atoms with Gasteiger partial charge in [-0.15, -0.1) is 0 Å². The molecule has 0 aromatic rings. The van der Waals surface area contributed by atoms with Crippen molar-refractivity contribution in [3.63, 3.8) is 0 Å². The first-order chi connectivity index (χ1) is 7.14. The Labute approximate surface area is 90.0 Å². The van der Waals surface area contributed by atoms with Crippen LogP contribution in [0.15, 0.2) is 0 Å². The summed E-state index contributed by atoms with van der Waals surface area (Å²) in [5.41, 5.74) is 0. The lowest BCUT2D eigenvalue weighted by Gasteiger charge is -2.36. The minimum absolute atomic E-state index is 0.160. The summed E-state index contributed by atoms with van der Waals surface area (Å²) in [6.45, 7) is 1.64. The molecule has 1 aliphatic carbocycles. The van der Waals surface area contributed by atoms with Crippen LogP contribution in [0.5, 0.6) is 0 Å². The summed E-state index contributed by atoms with van der Waals surface area (Å²) in [4.78, 5) is 0. The van der Waals surface area contributed by atoms with E-state index in [0.29, 0.717) is 6.42 Å². The molecule has 2 atom stereocenters. The van der Waals surface area contributed by atoms with Gasteiger partial charge in [0.2, 0.25) is 0 Å². The zero-order valence-electron chi connectivity index (χ0n) is 8.83. The predicted octanol–water partition coefficient (Wildman–Crippen LogP) is 4.55. The summed E-state index contributed by atoms with van der Waals surface area (Å²) in [5.74, 6) is -4.05. The van der Waals surface area contributed by atoms with E-state index in [1.165, 1.54) is 0 Å². The number of rotatable bonds is 1. The summed E-state index contributed by atoms with van der Waals surface area (Å²) < 4.78 is 74.7. The molecule has 96 valence electrons. The van der Waals surface area contributed by atoms with Gasteiger partial charge in [0.05, 0.1) is 11.8 Å². The van der Waals surface area contributed by atoms with Gasteiger partial charge in [0.1, 0.15) is 0 Å². The van der Waals surface area contributed by atoms with Crippen molar-refractivity contribution in [1.29, 1.82) is 0 Å². The second-order valence-corrected chi connectivity index (χ2v) is 4.46. The van der Waals surface area contributed by atoms with E-state index in [0.717, 1.165) is 0 Å². The maximum absolute atomic E-state index is 12.4. The molecule has 0 N–H and O–H groups in total. The van der Waals surface area contributed by atoms with Crippen molar-refractivity contribution in [3.05, 3.63) is 0 Å². The largest absolute Gasteiger partial charge is 0.391 e.